The molecule has 1 amide bonds. The van der Waals surface area contributed by atoms with Crippen LogP contribution in [0.15, 0.2) is 66.9 Å². The fourth-order valence-corrected chi connectivity index (χ4v) is 4.36. The lowest BCUT2D eigenvalue weighted by atomic mass is 9.86. The minimum atomic E-state index is -0.355. The molecule has 0 radical (unpaired) electrons. The van der Waals surface area contributed by atoms with Gasteiger partial charge in [-0.2, -0.15) is 4.98 Å². The number of aryl methyl sites for hydroxylation is 1. The average Bonchev–Trinajstić information content (AvgIpc) is 2.88. The maximum absolute atomic E-state index is 12.0. The van der Waals surface area contributed by atoms with Gasteiger partial charge in [0, 0.05) is 31.5 Å². The number of nitrogens with one attached hydrogen (secondary N) is 2. The number of hydrogen-bond acceptors (Lipinski definition) is 6. The Hall–Kier alpha value is -3.61. The van der Waals surface area contributed by atoms with Crippen LogP contribution in [0.2, 0.25) is 0 Å². The van der Waals surface area contributed by atoms with Gasteiger partial charge in [0.15, 0.2) is 0 Å². The van der Waals surface area contributed by atoms with E-state index in [-0.39, 0.29) is 6.09 Å². The van der Waals surface area contributed by atoms with Crippen molar-refractivity contribution in [1.82, 2.24) is 15.3 Å². The summed E-state index contributed by atoms with van der Waals surface area (Å²) >= 11 is 0. The van der Waals surface area contributed by atoms with Crippen LogP contribution in [-0.2, 0) is 11.3 Å². The van der Waals surface area contributed by atoms with Crippen molar-refractivity contribution in [2.45, 2.75) is 45.3 Å². The van der Waals surface area contributed by atoms with Crippen molar-refractivity contribution in [3.63, 3.8) is 0 Å². The molecular weight excluding hydrogens is 426 g/mol. The molecule has 3 aromatic rings. The van der Waals surface area contributed by atoms with Crippen LogP contribution in [0.5, 0.6) is 0 Å². The molecule has 2 aromatic carbocycles. The topological polar surface area (TPSA) is 79.4 Å². The van der Waals surface area contributed by atoms with E-state index in [2.05, 4.69) is 39.6 Å². The number of aromatic nitrogens is 2. The number of alkyl carbamates (subject to hydrolysis) is 1. The normalized spacial score (nSPS) is 17.6. The Labute approximate surface area is 201 Å². The van der Waals surface area contributed by atoms with Crippen molar-refractivity contribution in [3.05, 3.63) is 78.0 Å². The third kappa shape index (κ3) is 6.47. The quantitative estimate of drug-likeness (QED) is 0.466. The van der Waals surface area contributed by atoms with Gasteiger partial charge in [0.25, 0.3) is 0 Å². The third-order valence-corrected chi connectivity index (χ3v) is 6.39. The van der Waals surface area contributed by atoms with Gasteiger partial charge in [-0.1, -0.05) is 48.5 Å². The highest BCUT2D eigenvalue weighted by Crippen LogP contribution is 2.28. The van der Waals surface area contributed by atoms with Crippen LogP contribution in [0.25, 0.3) is 0 Å². The Balaban J connectivity index is 1.21. The van der Waals surface area contributed by atoms with Gasteiger partial charge in [-0.15, -0.1) is 0 Å². The Morgan fingerprint density at radius 1 is 1.03 bits per heavy atom. The van der Waals surface area contributed by atoms with E-state index in [9.17, 15) is 4.79 Å². The highest BCUT2D eigenvalue weighted by atomic mass is 16.5. The minimum absolute atomic E-state index is 0.293. The van der Waals surface area contributed by atoms with Gasteiger partial charge >= 0.3 is 6.09 Å². The standard InChI is InChI=1S/C27H33N5O2/c1-20-8-6-7-11-24(20)32(2)25-16-17-28-26(31-25)30-23-14-12-21(13-15-23)18-29-27(33)34-19-22-9-4-3-5-10-22/h3-11,16-17,21,23H,12-15,18-19H2,1-2H3,(H,29,33)(H,28,30,31)/t21-,23+. The van der Waals surface area contributed by atoms with Crippen LogP contribution >= 0.6 is 0 Å². The van der Waals surface area contributed by atoms with Gasteiger partial charge < -0.3 is 20.3 Å². The zero-order valence-electron chi connectivity index (χ0n) is 19.9. The summed E-state index contributed by atoms with van der Waals surface area (Å²) < 4.78 is 5.31. The van der Waals surface area contributed by atoms with Gasteiger partial charge in [-0.05, 0) is 61.8 Å². The first-order valence-electron chi connectivity index (χ1n) is 11.9. The van der Waals surface area contributed by atoms with Crippen LogP contribution in [0, 0.1) is 12.8 Å². The summed E-state index contributed by atoms with van der Waals surface area (Å²) in [6.45, 7) is 3.04. The maximum atomic E-state index is 12.0. The highest BCUT2D eigenvalue weighted by Gasteiger charge is 2.22. The molecule has 178 valence electrons. The van der Waals surface area contributed by atoms with E-state index in [1.807, 2.05) is 55.6 Å². The Morgan fingerprint density at radius 2 is 1.76 bits per heavy atom. The molecule has 1 heterocycles. The van der Waals surface area contributed by atoms with Gasteiger partial charge in [-0.3, -0.25) is 0 Å². The molecule has 0 atom stereocenters. The van der Waals surface area contributed by atoms with Crippen molar-refractivity contribution < 1.29 is 9.53 Å². The van der Waals surface area contributed by atoms with Crippen LogP contribution in [0.3, 0.4) is 0 Å². The fourth-order valence-electron chi connectivity index (χ4n) is 4.36. The first-order chi connectivity index (χ1) is 16.6. The minimum Gasteiger partial charge on any atom is -0.445 e. The second-order valence-corrected chi connectivity index (χ2v) is 8.89. The smallest absolute Gasteiger partial charge is 0.407 e. The number of rotatable bonds is 8. The molecule has 34 heavy (non-hydrogen) atoms. The summed E-state index contributed by atoms with van der Waals surface area (Å²) in [7, 11) is 2.03. The van der Waals surface area contributed by atoms with Crippen molar-refractivity contribution in [3.8, 4) is 0 Å². The van der Waals surface area contributed by atoms with E-state index in [0.717, 1.165) is 42.8 Å². The van der Waals surface area contributed by atoms with E-state index in [0.29, 0.717) is 31.1 Å². The van der Waals surface area contributed by atoms with Crippen molar-refractivity contribution in [2.75, 3.05) is 23.8 Å². The number of ether oxygens (including phenoxy) is 1. The molecule has 1 fully saturated rings. The summed E-state index contributed by atoms with van der Waals surface area (Å²) in [6, 6.07) is 20.2. The van der Waals surface area contributed by atoms with Gasteiger partial charge in [0.2, 0.25) is 5.95 Å². The number of carbonyl (C=O) groups excluding carboxylic acids is 1. The van der Waals surface area contributed by atoms with Gasteiger partial charge in [0.05, 0.1) is 0 Å². The molecule has 7 heteroatoms. The lowest BCUT2D eigenvalue weighted by molar-refractivity contribution is 0.136. The Morgan fingerprint density at radius 3 is 2.53 bits per heavy atom. The van der Waals surface area contributed by atoms with Crippen molar-refractivity contribution >= 4 is 23.5 Å². The molecule has 0 aliphatic heterocycles. The van der Waals surface area contributed by atoms with Crippen LogP contribution in [-0.4, -0.2) is 35.7 Å². The molecule has 0 saturated heterocycles. The Kier molecular flexibility index (Phi) is 7.96. The SMILES string of the molecule is Cc1ccccc1N(C)c1ccnc(N[C@H]2CC[C@@H](CNC(=O)OCc3ccccc3)CC2)n1. The van der Waals surface area contributed by atoms with E-state index >= 15 is 0 Å². The zero-order valence-corrected chi connectivity index (χ0v) is 19.9. The number of amides is 1. The first kappa shape index (κ1) is 23.5. The second kappa shape index (κ2) is 11.5. The number of nitrogens with zero attached hydrogens (tertiary/aromatic N) is 3. The molecule has 1 aromatic heterocycles. The lowest BCUT2D eigenvalue weighted by Crippen LogP contribution is -2.34. The van der Waals surface area contributed by atoms with E-state index in [4.69, 9.17) is 9.72 Å². The largest absolute Gasteiger partial charge is 0.445 e. The van der Waals surface area contributed by atoms with Crippen molar-refractivity contribution in [1.29, 1.82) is 0 Å². The molecule has 1 aliphatic carbocycles. The Bertz CT molecular complexity index is 1070. The summed E-state index contributed by atoms with van der Waals surface area (Å²) in [6.07, 6.45) is 5.57. The monoisotopic (exact) mass is 459 g/mol. The fraction of sp³-hybridized carbons (Fsp3) is 0.370. The van der Waals surface area contributed by atoms with Crippen LogP contribution in [0.4, 0.5) is 22.2 Å². The summed E-state index contributed by atoms with van der Waals surface area (Å²) in [4.78, 5) is 23.3. The number of benzene rings is 2. The third-order valence-electron chi connectivity index (χ3n) is 6.39. The highest BCUT2D eigenvalue weighted by molar-refractivity contribution is 5.67. The second-order valence-electron chi connectivity index (χ2n) is 8.89. The zero-order chi connectivity index (χ0) is 23.8. The summed E-state index contributed by atoms with van der Waals surface area (Å²) in [5.74, 6) is 1.98. The molecule has 2 N–H and O–H groups in total. The molecular formula is C27H33N5O2. The first-order valence-corrected chi connectivity index (χ1v) is 11.9. The number of anilines is 3. The molecule has 7 nitrogen and oxygen atoms in total. The molecule has 4 rings (SSSR count). The van der Waals surface area contributed by atoms with Gasteiger partial charge in [-0.25, -0.2) is 9.78 Å². The molecule has 0 unspecified atom stereocenters. The summed E-state index contributed by atoms with van der Waals surface area (Å²) in [5.41, 5.74) is 3.32. The molecule has 1 aliphatic rings. The van der Waals surface area contributed by atoms with Gasteiger partial charge in [0.1, 0.15) is 12.4 Å². The predicted octanol–water partition coefficient (Wildman–Crippen LogP) is 5.45. The number of hydrogen-bond donors (Lipinski definition) is 2. The summed E-state index contributed by atoms with van der Waals surface area (Å²) in [5, 5.41) is 6.42. The maximum Gasteiger partial charge on any atom is 0.407 e. The van der Waals surface area contributed by atoms with Crippen LogP contribution in [0.1, 0.15) is 36.8 Å². The van der Waals surface area contributed by atoms with E-state index in [1.54, 1.807) is 6.20 Å². The van der Waals surface area contributed by atoms with E-state index < -0.39 is 0 Å². The lowest BCUT2D eigenvalue weighted by Gasteiger charge is -2.29. The number of para-hydroxylation sites is 1. The van der Waals surface area contributed by atoms with E-state index in [1.165, 1.54) is 5.56 Å². The number of carbonyl (C=O) groups is 1. The molecule has 0 spiro atoms. The molecule has 1 saturated carbocycles. The molecule has 0 bridgehead atoms. The van der Waals surface area contributed by atoms with Crippen molar-refractivity contribution in [2.24, 2.45) is 5.92 Å². The van der Waals surface area contributed by atoms with Crippen LogP contribution < -0.4 is 15.5 Å². The predicted molar refractivity (Wildman–Crippen MR) is 135 cm³/mol. The average molecular weight is 460 g/mol.